The van der Waals surface area contributed by atoms with Crippen LogP contribution in [0, 0.1) is 0 Å². The number of carbonyl (C=O) groups excluding carboxylic acids is 2. The minimum atomic E-state index is -1.14. The van der Waals surface area contributed by atoms with Gasteiger partial charge in [-0.1, -0.05) is 55.5 Å². The summed E-state index contributed by atoms with van der Waals surface area (Å²) in [6.45, 7) is 1.91. The highest BCUT2D eigenvalue weighted by Crippen LogP contribution is 2.44. The van der Waals surface area contributed by atoms with E-state index in [1.165, 1.54) is 0 Å². The Kier molecular flexibility index (Phi) is 6.49. The number of hydrogen-bond acceptors (Lipinski definition) is 4. The minimum Gasteiger partial charge on any atom is -0.480 e. The maximum Gasteiger partial charge on any atom is 0.407 e. The topological polar surface area (TPSA) is 105 Å². The van der Waals surface area contributed by atoms with Crippen LogP contribution in [0.4, 0.5) is 4.79 Å². The molecule has 1 aliphatic carbocycles. The first-order valence-corrected chi connectivity index (χ1v) is 9.62. The second-order valence-electron chi connectivity index (χ2n) is 6.85. The van der Waals surface area contributed by atoms with Crippen LogP contribution in [0.15, 0.2) is 48.5 Å². The number of nitrogens with one attached hydrogen (secondary N) is 2. The number of carboxylic acid groups (broad SMARTS) is 1. The lowest BCUT2D eigenvalue weighted by molar-refractivity contribution is -0.141. The van der Waals surface area contributed by atoms with Crippen molar-refractivity contribution in [3.05, 3.63) is 59.7 Å². The lowest BCUT2D eigenvalue weighted by Crippen LogP contribution is -2.42. The summed E-state index contributed by atoms with van der Waals surface area (Å²) in [7, 11) is 0. The van der Waals surface area contributed by atoms with Crippen molar-refractivity contribution in [1.29, 1.82) is 0 Å². The first-order chi connectivity index (χ1) is 14.0. The molecule has 3 rings (SSSR count). The van der Waals surface area contributed by atoms with Crippen LogP contribution < -0.4 is 10.6 Å². The highest BCUT2D eigenvalue weighted by atomic mass is 16.5. The molecule has 0 heterocycles. The fourth-order valence-electron chi connectivity index (χ4n) is 3.52. The van der Waals surface area contributed by atoms with Crippen molar-refractivity contribution in [3.63, 3.8) is 0 Å². The molecule has 2 aromatic rings. The Morgan fingerprint density at radius 2 is 1.62 bits per heavy atom. The first-order valence-electron chi connectivity index (χ1n) is 9.62. The van der Waals surface area contributed by atoms with E-state index < -0.39 is 18.1 Å². The molecule has 0 saturated carbocycles. The van der Waals surface area contributed by atoms with Gasteiger partial charge in [0.1, 0.15) is 12.6 Å². The number of rotatable bonds is 8. The third-order valence-corrected chi connectivity index (χ3v) is 5.00. The molecule has 0 saturated heterocycles. The summed E-state index contributed by atoms with van der Waals surface area (Å²) in [6, 6.07) is 15.1. The molecule has 0 aromatic heterocycles. The van der Waals surface area contributed by atoms with Gasteiger partial charge in [-0.15, -0.1) is 0 Å². The van der Waals surface area contributed by atoms with E-state index in [1.54, 1.807) is 6.92 Å². The summed E-state index contributed by atoms with van der Waals surface area (Å²) in [5, 5.41) is 14.1. The fourth-order valence-corrected chi connectivity index (χ4v) is 3.52. The van der Waals surface area contributed by atoms with Gasteiger partial charge in [-0.25, -0.2) is 9.59 Å². The van der Waals surface area contributed by atoms with Gasteiger partial charge in [0.05, 0.1) is 0 Å². The number of ether oxygens (including phenoxy) is 1. The van der Waals surface area contributed by atoms with Gasteiger partial charge >= 0.3 is 12.1 Å². The van der Waals surface area contributed by atoms with Gasteiger partial charge in [0, 0.05) is 18.9 Å². The normalized spacial score (nSPS) is 13.1. The summed E-state index contributed by atoms with van der Waals surface area (Å²) in [5.74, 6) is -1.52. The van der Waals surface area contributed by atoms with Crippen molar-refractivity contribution in [3.8, 4) is 11.1 Å². The van der Waals surface area contributed by atoms with Crippen molar-refractivity contribution in [2.24, 2.45) is 0 Å². The molecule has 0 bridgehead atoms. The van der Waals surface area contributed by atoms with Gasteiger partial charge in [0.25, 0.3) is 0 Å². The molecule has 152 valence electrons. The molecule has 3 N–H and O–H groups in total. The smallest absolute Gasteiger partial charge is 0.407 e. The molecular weight excluding hydrogens is 372 g/mol. The first kappa shape index (κ1) is 20.4. The Morgan fingerprint density at radius 1 is 1.03 bits per heavy atom. The SMILES string of the molecule is CCC(=O)N[C@@H](CCNC(=O)OCC1c2ccccc2-c2ccccc21)C(=O)O. The molecule has 0 spiro atoms. The number of amides is 2. The molecule has 0 radical (unpaired) electrons. The highest BCUT2D eigenvalue weighted by molar-refractivity contribution is 5.83. The van der Waals surface area contributed by atoms with Crippen molar-refractivity contribution in [2.75, 3.05) is 13.2 Å². The molecule has 1 atom stereocenters. The number of benzene rings is 2. The van der Waals surface area contributed by atoms with Gasteiger partial charge in [-0.05, 0) is 28.7 Å². The Balaban J connectivity index is 1.53. The molecule has 29 heavy (non-hydrogen) atoms. The van der Waals surface area contributed by atoms with Crippen LogP contribution in [0.25, 0.3) is 11.1 Å². The van der Waals surface area contributed by atoms with Crippen LogP contribution in [0.1, 0.15) is 36.8 Å². The van der Waals surface area contributed by atoms with Gasteiger partial charge < -0.3 is 20.5 Å². The number of alkyl carbamates (subject to hydrolysis) is 1. The summed E-state index contributed by atoms with van der Waals surface area (Å²) >= 11 is 0. The zero-order valence-corrected chi connectivity index (χ0v) is 16.2. The molecule has 2 amide bonds. The maximum atomic E-state index is 12.1. The number of carbonyl (C=O) groups is 3. The zero-order chi connectivity index (χ0) is 20.8. The Hall–Kier alpha value is -3.35. The number of hydrogen-bond donors (Lipinski definition) is 3. The van der Waals surface area contributed by atoms with E-state index >= 15 is 0 Å². The quantitative estimate of drug-likeness (QED) is 0.636. The van der Waals surface area contributed by atoms with Crippen LogP contribution in [0.2, 0.25) is 0 Å². The second kappa shape index (κ2) is 9.23. The van der Waals surface area contributed by atoms with Crippen LogP contribution >= 0.6 is 0 Å². The molecule has 7 nitrogen and oxygen atoms in total. The summed E-state index contributed by atoms with van der Waals surface area (Å²) in [4.78, 5) is 34.7. The fraction of sp³-hybridized carbons (Fsp3) is 0.318. The Bertz CT molecular complexity index is 866. The predicted molar refractivity (Wildman–Crippen MR) is 108 cm³/mol. The van der Waals surface area contributed by atoms with E-state index in [9.17, 15) is 14.4 Å². The van der Waals surface area contributed by atoms with E-state index in [2.05, 4.69) is 22.8 Å². The van der Waals surface area contributed by atoms with Gasteiger partial charge in [-0.3, -0.25) is 4.79 Å². The Morgan fingerprint density at radius 3 is 2.17 bits per heavy atom. The monoisotopic (exact) mass is 396 g/mol. The van der Waals surface area contributed by atoms with E-state index in [1.807, 2.05) is 36.4 Å². The Labute approximate surface area is 169 Å². The van der Waals surface area contributed by atoms with Crippen LogP contribution in [0.5, 0.6) is 0 Å². The standard InChI is InChI=1S/C22H24N2O5/c1-2-20(25)24-19(21(26)27)11-12-23-22(28)29-13-18-16-9-5-3-7-14(16)15-8-4-6-10-17(15)18/h3-10,18-19H,2,11-13H2,1H3,(H,23,28)(H,24,25)(H,26,27)/t19-/m0/s1. The van der Waals surface area contributed by atoms with E-state index in [4.69, 9.17) is 9.84 Å². The van der Waals surface area contributed by atoms with Gasteiger partial charge in [0.2, 0.25) is 5.91 Å². The molecule has 0 unspecified atom stereocenters. The van der Waals surface area contributed by atoms with Crippen molar-refractivity contribution in [1.82, 2.24) is 10.6 Å². The van der Waals surface area contributed by atoms with E-state index in [-0.39, 0.29) is 37.8 Å². The van der Waals surface area contributed by atoms with E-state index in [0.29, 0.717) is 0 Å². The average molecular weight is 396 g/mol. The van der Waals surface area contributed by atoms with Crippen molar-refractivity contribution >= 4 is 18.0 Å². The molecular formula is C22H24N2O5. The minimum absolute atomic E-state index is 0.0382. The number of fused-ring (bicyclic) bond motifs is 3. The van der Waals surface area contributed by atoms with Crippen LogP contribution in [-0.4, -0.2) is 42.3 Å². The maximum absolute atomic E-state index is 12.1. The number of aliphatic carboxylic acids is 1. The summed E-state index contributed by atoms with van der Waals surface area (Å²) in [5.41, 5.74) is 4.53. The van der Waals surface area contributed by atoms with Gasteiger partial charge in [-0.2, -0.15) is 0 Å². The second-order valence-corrected chi connectivity index (χ2v) is 6.85. The van der Waals surface area contributed by atoms with Gasteiger partial charge in [0.15, 0.2) is 0 Å². The van der Waals surface area contributed by atoms with E-state index in [0.717, 1.165) is 22.3 Å². The lowest BCUT2D eigenvalue weighted by atomic mass is 9.98. The van der Waals surface area contributed by atoms with Crippen molar-refractivity contribution in [2.45, 2.75) is 31.7 Å². The molecule has 0 aliphatic heterocycles. The molecule has 7 heteroatoms. The number of carboxylic acids is 1. The largest absolute Gasteiger partial charge is 0.480 e. The summed E-state index contributed by atoms with van der Waals surface area (Å²) < 4.78 is 5.40. The summed E-state index contributed by atoms with van der Waals surface area (Å²) in [6.07, 6.45) is -0.340. The average Bonchev–Trinajstić information content (AvgIpc) is 3.05. The highest BCUT2D eigenvalue weighted by Gasteiger charge is 2.29. The van der Waals surface area contributed by atoms with Crippen molar-refractivity contribution < 1.29 is 24.2 Å². The third kappa shape index (κ3) is 4.74. The third-order valence-electron chi connectivity index (χ3n) is 5.00. The molecule has 0 fully saturated rings. The predicted octanol–water partition coefficient (Wildman–Crippen LogP) is 2.89. The van der Waals surface area contributed by atoms with Crippen LogP contribution in [-0.2, 0) is 14.3 Å². The lowest BCUT2D eigenvalue weighted by Gasteiger charge is -2.16. The molecule has 1 aliphatic rings. The molecule has 2 aromatic carbocycles. The zero-order valence-electron chi connectivity index (χ0n) is 16.2. The van der Waals surface area contributed by atoms with Crippen LogP contribution in [0.3, 0.4) is 0 Å².